The van der Waals surface area contributed by atoms with Crippen LogP contribution in [0.4, 0.5) is 0 Å². The number of rotatable bonds is 4. The highest BCUT2D eigenvalue weighted by molar-refractivity contribution is 5.52. The lowest BCUT2D eigenvalue weighted by Gasteiger charge is -2.34. The summed E-state index contributed by atoms with van der Waals surface area (Å²) >= 11 is 0. The molecule has 2 aromatic rings. The second kappa shape index (κ2) is 6.02. The smallest absolute Gasteiger partial charge is 0.157 e. The molecule has 0 aromatic heterocycles. The van der Waals surface area contributed by atoms with E-state index in [1.807, 2.05) is 0 Å². The molecule has 0 amide bonds. The van der Waals surface area contributed by atoms with Gasteiger partial charge in [-0.3, -0.25) is 0 Å². The quantitative estimate of drug-likeness (QED) is 0.494. The Kier molecular flexibility index (Phi) is 3.82. The largest absolute Gasteiger partial charge is 0.508 e. The predicted octanol–water partition coefficient (Wildman–Crippen LogP) is 1.97. The summed E-state index contributed by atoms with van der Waals surface area (Å²) in [4.78, 5) is 0. The van der Waals surface area contributed by atoms with Crippen molar-refractivity contribution in [2.24, 2.45) is 0 Å². The zero-order valence-electron chi connectivity index (χ0n) is 13.3. The molecule has 3 atom stereocenters. The molecule has 0 spiro atoms. The van der Waals surface area contributed by atoms with Crippen LogP contribution in [0.2, 0.25) is 0 Å². The van der Waals surface area contributed by atoms with E-state index in [2.05, 4.69) is 0 Å². The summed E-state index contributed by atoms with van der Waals surface area (Å²) in [6, 6.07) is 7.12. The maximum atomic E-state index is 10.1. The van der Waals surface area contributed by atoms with Gasteiger partial charge in [0.2, 0.25) is 0 Å². The third-order valence-corrected chi connectivity index (χ3v) is 4.39. The zero-order valence-corrected chi connectivity index (χ0v) is 13.3. The van der Waals surface area contributed by atoms with Gasteiger partial charge < -0.3 is 34.6 Å². The lowest BCUT2D eigenvalue weighted by Crippen LogP contribution is -2.34. The topological polar surface area (TPSA) is 112 Å². The van der Waals surface area contributed by atoms with E-state index in [0.717, 1.165) is 0 Å². The average Bonchev–Trinajstić information content (AvgIpc) is 3.39. The summed E-state index contributed by atoms with van der Waals surface area (Å²) in [6.45, 7) is 1.07. The van der Waals surface area contributed by atoms with Crippen molar-refractivity contribution >= 4 is 0 Å². The van der Waals surface area contributed by atoms with Crippen molar-refractivity contribution in [1.82, 2.24) is 0 Å². The van der Waals surface area contributed by atoms with Crippen molar-refractivity contribution in [1.29, 1.82) is 0 Å². The van der Waals surface area contributed by atoms with Crippen LogP contribution in [0.15, 0.2) is 30.3 Å². The fraction of sp³-hybridized carbons (Fsp3) is 0.333. The fourth-order valence-corrected chi connectivity index (χ4v) is 2.99. The summed E-state index contributed by atoms with van der Waals surface area (Å²) in [5, 5.41) is 39.1. The number of benzene rings is 2. The van der Waals surface area contributed by atoms with E-state index < -0.39 is 12.2 Å². The van der Waals surface area contributed by atoms with Crippen molar-refractivity contribution < 1.29 is 34.6 Å². The minimum Gasteiger partial charge on any atom is -0.508 e. The molecule has 7 nitrogen and oxygen atoms in total. The number of aromatic hydroxyl groups is 4. The highest BCUT2D eigenvalue weighted by Crippen LogP contribution is 2.43. The number of hydrogen-bond donors (Lipinski definition) is 4. The third-order valence-electron chi connectivity index (χ3n) is 4.39. The van der Waals surface area contributed by atoms with Gasteiger partial charge in [0.1, 0.15) is 29.5 Å². The molecule has 2 aromatic carbocycles. The summed E-state index contributed by atoms with van der Waals surface area (Å²) in [5.41, 5.74) is 1.17. The summed E-state index contributed by atoms with van der Waals surface area (Å²) in [7, 11) is 0. The Labute approximate surface area is 143 Å². The minimum atomic E-state index is -0.570. The van der Waals surface area contributed by atoms with Gasteiger partial charge in [0.05, 0.1) is 13.2 Å². The highest BCUT2D eigenvalue weighted by Gasteiger charge is 2.36. The monoisotopic (exact) mass is 346 g/mol. The van der Waals surface area contributed by atoms with E-state index in [1.54, 1.807) is 6.07 Å². The van der Waals surface area contributed by atoms with Gasteiger partial charge in [0.25, 0.3) is 0 Å². The molecule has 2 aliphatic rings. The van der Waals surface area contributed by atoms with Crippen LogP contribution in [-0.4, -0.2) is 45.8 Å². The van der Waals surface area contributed by atoms with Gasteiger partial charge in [0.15, 0.2) is 17.6 Å². The van der Waals surface area contributed by atoms with Gasteiger partial charge in [0, 0.05) is 24.1 Å². The molecular formula is C18H18O7. The fourth-order valence-electron chi connectivity index (χ4n) is 2.99. The van der Waals surface area contributed by atoms with E-state index in [-0.39, 0.29) is 29.1 Å². The lowest BCUT2D eigenvalue weighted by atomic mass is 9.93. The maximum Gasteiger partial charge on any atom is 0.157 e. The van der Waals surface area contributed by atoms with Crippen LogP contribution >= 0.6 is 0 Å². The Hall–Kier alpha value is -2.64. The normalized spacial score (nSPS) is 24.4. The standard InChI is InChI=1S/C18H18O7/c19-10-4-14(21)12-6-17(24-8-11-7-23-11)18(25-16(12)5-10)9-1-2-13(20)15(22)3-9/h1-5,11,17-22H,6-8H2. The van der Waals surface area contributed by atoms with Crippen LogP contribution < -0.4 is 4.74 Å². The molecule has 2 aliphatic heterocycles. The SMILES string of the molecule is Oc1cc(O)c2c(c1)OC(c1ccc(O)c(O)c1)C(OCC1CO1)C2. The third kappa shape index (κ3) is 3.16. The molecule has 4 N–H and O–H groups in total. The predicted molar refractivity (Wildman–Crippen MR) is 86.1 cm³/mol. The molecule has 0 radical (unpaired) electrons. The molecule has 0 aliphatic carbocycles. The molecule has 7 heteroatoms. The van der Waals surface area contributed by atoms with Crippen LogP contribution in [-0.2, 0) is 15.9 Å². The van der Waals surface area contributed by atoms with Crippen LogP contribution in [0, 0.1) is 0 Å². The van der Waals surface area contributed by atoms with Crippen molar-refractivity contribution in [3.63, 3.8) is 0 Å². The number of phenolic OH excluding ortho intramolecular Hbond substituents is 4. The molecule has 3 unspecified atom stereocenters. The van der Waals surface area contributed by atoms with Crippen LogP contribution in [0.5, 0.6) is 28.7 Å². The molecule has 0 bridgehead atoms. The molecule has 4 rings (SSSR count). The average molecular weight is 346 g/mol. The number of phenols is 4. The molecule has 1 saturated heterocycles. The Balaban J connectivity index is 1.68. The molecule has 25 heavy (non-hydrogen) atoms. The van der Waals surface area contributed by atoms with Gasteiger partial charge in [-0.25, -0.2) is 0 Å². The Morgan fingerprint density at radius 3 is 2.52 bits per heavy atom. The summed E-state index contributed by atoms with van der Waals surface area (Å²) < 4.78 is 17.0. The Morgan fingerprint density at radius 2 is 1.80 bits per heavy atom. The van der Waals surface area contributed by atoms with Gasteiger partial charge >= 0.3 is 0 Å². The van der Waals surface area contributed by atoms with Gasteiger partial charge in [-0.2, -0.15) is 0 Å². The first kappa shape index (κ1) is 15.9. The van der Waals surface area contributed by atoms with Crippen molar-refractivity contribution in [2.45, 2.75) is 24.7 Å². The van der Waals surface area contributed by atoms with Crippen LogP contribution in [0.25, 0.3) is 0 Å². The summed E-state index contributed by atoms with van der Waals surface area (Å²) in [6.07, 6.45) is -0.542. The first-order valence-corrected chi connectivity index (χ1v) is 7.98. The second-order valence-corrected chi connectivity index (χ2v) is 6.26. The van der Waals surface area contributed by atoms with E-state index in [1.165, 1.54) is 24.3 Å². The van der Waals surface area contributed by atoms with Gasteiger partial charge in [-0.05, 0) is 17.7 Å². The molecule has 0 saturated carbocycles. The number of epoxide rings is 1. The first-order valence-electron chi connectivity index (χ1n) is 7.98. The number of ether oxygens (including phenoxy) is 3. The molecule has 1 fully saturated rings. The number of hydrogen-bond acceptors (Lipinski definition) is 7. The minimum absolute atomic E-state index is 0.0572. The van der Waals surface area contributed by atoms with E-state index in [4.69, 9.17) is 14.2 Å². The zero-order chi connectivity index (χ0) is 17.6. The van der Waals surface area contributed by atoms with Gasteiger partial charge in [-0.1, -0.05) is 6.07 Å². The Morgan fingerprint density at radius 1 is 1.00 bits per heavy atom. The first-order chi connectivity index (χ1) is 12.0. The van der Waals surface area contributed by atoms with E-state index in [0.29, 0.717) is 36.5 Å². The van der Waals surface area contributed by atoms with Crippen LogP contribution in [0.1, 0.15) is 17.2 Å². The molecule has 2 heterocycles. The van der Waals surface area contributed by atoms with Gasteiger partial charge in [-0.15, -0.1) is 0 Å². The molecule has 132 valence electrons. The second-order valence-electron chi connectivity index (χ2n) is 6.26. The lowest BCUT2D eigenvalue weighted by molar-refractivity contribution is -0.0426. The van der Waals surface area contributed by atoms with E-state index >= 15 is 0 Å². The van der Waals surface area contributed by atoms with Crippen LogP contribution in [0.3, 0.4) is 0 Å². The molecular weight excluding hydrogens is 328 g/mol. The summed E-state index contributed by atoms with van der Waals surface area (Å²) in [5.74, 6) is -0.279. The number of fused-ring (bicyclic) bond motifs is 1. The maximum absolute atomic E-state index is 10.1. The van der Waals surface area contributed by atoms with Crippen molar-refractivity contribution in [3.8, 4) is 28.7 Å². The van der Waals surface area contributed by atoms with Crippen molar-refractivity contribution in [3.05, 3.63) is 41.5 Å². The Bertz CT molecular complexity index is 800. The highest BCUT2D eigenvalue weighted by atomic mass is 16.6. The van der Waals surface area contributed by atoms with E-state index in [9.17, 15) is 20.4 Å². The van der Waals surface area contributed by atoms with Crippen molar-refractivity contribution in [2.75, 3.05) is 13.2 Å².